The van der Waals surface area contributed by atoms with Gasteiger partial charge >= 0.3 is 0 Å². The molecule has 1 saturated heterocycles. The maximum absolute atomic E-state index is 13.1. The number of piperidine rings is 1. The lowest BCUT2D eigenvalue weighted by Gasteiger charge is -2.37. The van der Waals surface area contributed by atoms with Crippen molar-refractivity contribution in [3.8, 4) is 0 Å². The van der Waals surface area contributed by atoms with E-state index in [1.54, 1.807) is 6.07 Å². The Balaban J connectivity index is 1.66. The zero-order valence-corrected chi connectivity index (χ0v) is 16.0. The molecule has 1 spiro atoms. The minimum absolute atomic E-state index is 0.0486. The average Bonchev–Trinajstić information content (AvgIpc) is 3.36. The first-order valence-corrected chi connectivity index (χ1v) is 10.4. The van der Waals surface area contributed by atoms with E-state index >= 15 is 0 Å². The highest BCUT2D eigenvalue weighted by molar-refractivity contribution is 7.90. The molecule has 1 aromatic carbocycles. The molecule has 0 unspecified atom stereocenters. The zero-order chi connectivity index (χ0) is 19.4. The molecule has 1 aromatic rings. The van der Waals surface area contributed by atoms with Crippen molar-refractivity contribution in [1.29, 1.82) is 0 Å². The van der Waals surface area contributed by atoms with Crippen molar-refractivity contribution in [2.24, 2.45) is 0 Å². The molecule has 0 atom stereocenters. The number of hydrogen-bond acceptors (Lipinski definition) is 5. The fraction of sp³-hybridized carbons (Fsp3) is 0.474. The molecule has 2 heterocycles. The molecule has 8 heteroatoms. The van der Waals surface area contributed by atoms with E-state index in [1.165, 1.54) is 19.2 Å². The summed E-state index contributed by atoms with van der Waals surface area (Å²) in [6, 6.07) is 4.34. The van der Waals surface area contributed by atoms with Crippen molar-refractivity contribution >= 4 is 21.8 Å². The number of ether oxygens (including phenoxy) is 1. The van der Waals surface area contributed by atoms with Crippen molar-refractivity contribution in [1.82, 2.24) is 9.21 Å². The Bertz CT molecular complexity index is 949. The Morgan fingerprint density at radius 1 is 1.33 bits per heavy atom. The van der Waals surface area contributed by atoms with E-state index in [1.807, 2.05) is 4.90 Å². The third-order valence-electron chi connectivity index (χ3n) is 5.66. The second-order valence-corrected chi connectivity index (χ2v) is 9.27. The third-order valence-corrected chi connectivity index (χ3v) is 7.49. The first-order chi connectivity index (χ1) is 12.8. The predicted octanol–water partition coefficient (Wildman–Crippen LogP) is 1.80. The van der Waals surface area contributed by atoms with Crippen LogP contribution < -0.4 is 0 Å². The highest BCUT2D eigenvalue weighted by atomic mass is 32.2. The molecule has 144 valence electrons. The van der Waals surface area contributed by atoms with Crippen LogP contribution in [0.25, 0.3) is 0 Å². The molecule has 4 rings (SSSR count). The molecular weight excluding hydrogens is 368 g/mol. The van der Waals surface area contributed by atoms with Crippen LogP contribution in [-0.4, -0.2) is 61.8 Å². The van der Waals surface area contributed by atoms with Gasteiger partial charge in [0.2, 0.25) is 0 Å². The summed E-state index contributed by atoms with van der Waals surface area (Å²) in [5.41, 5.74) is 1.42. The number of fused-ring (bicyclic) bond motifs is 1. The van der Waals surface area contributed by atoms with Crippen LogP contribution in [0.1, 0.15) is 46.4 Å². The molecule has 2 fully saturated rings. The summed E-state index contributed by atoms with van der Waals surface area (Å²) < 4.78 is 31.2. The average molecular weight is 390 g/mol. The number of hydrogen-bond donors (Lipinski definition) is 0. The van der Waals surface area contributed by atoms with Gasteiger partial charge in [-0.1, -0.05) is 12.2 Å². The normalized spacial score (nSPS) is 22.3. The lowest BCUT2D eigenvalue weighted by atomic mass is 9.94. The summed E-state index contributed by atoms with van der Waals surface area (Å²) in [7, 11) is -2.51. The molecular formula is C19H22N2O5S. The van der Waals surface area contributed by atoms with Crippen LogP contribution >= 0.6 is 0 Å². The van der Waals surface area contributed by atoms with Gasteiger partial charge in [-0.25, -0.2) is 12.7 Å². The first-order valence-electron chi connectivity index (χ1n) is 8.99. The number of methoxy groups -OCH3 is 1. The Morgan fingerprint density at radius 3 is 2.74 bits per heavy atom. The standard InChI is InChI=1S/C19H22N2O5S/c1-13-5-8-20(19(12-13)6-7-19)17(22)14-3-4-15-16(11-14)27(24,25)21(18(15)23)9-10-26-2/h3-4,11H,1,5-10,12H2,2H3. The van der Waals surface area contributed by atoms with E-state index in [0.717, 1.165) is 35.6 Å². The van der Waals surface area contributed by atoms with Gasteiger partial charge in [-0.15, -0.1) is 0 Å². The van der Waals surface area contributed by atoms with Gasteiger partial charge in [0.1, 0.15) is 4.90 Å². The van der Waals surface area contributed by atoms with Crippen molar-refractivity contribution in [3.05, 3.63) is 41.5 Å². The molecule has 3 aliphatic rings. The topological polar surface area (TPSA) is 84.0 Å². The molecule has 2 aliphatic heterocycles. The quantitative estimate of drug-likeness (QED) is 0.732. The van der Waals surface area contributed by atoms with Crippen LogP contribution in [0, 0.1) is 0 Å². The van der Waals surface area contributed by atoms with Gasteiger partial charge in [-0.05, 0) is 43.9 Å². The number of sulfonamides is 1. The van der Waals surface area contributed by atoms with E-state index in [0.29, 0.717) is 12.1 Å². The van der Waals surface area contributed by atoms with Crippen LogP contribution in [0.2, 0.25) is 0 Å². The SMILES string of the molecule is C=C1CCN(C(=O)c2ccc3c(c2)S(=O)(=O)N(CCOC)C3=O)C2(CC2)C1. The highest BCUT2D eigenvalue weighted by Crippen LogP contribution is 2.50. The highest BCUT2D eigenvalue weighted by Gasteiger charge is 2.52. The van der Waals surface area contributed by atoms with Gasteiger partial charge < -0.3 is 9.64 Å². The predicted molar refractivity (Wildman–Crippen MR) is 97.9 cm³/mol. The van der Waals surface area contributed by atoms with E-state index in [-0.39, 0.29) is 35.1 Å². The van der Waals surface area contributed by atoms with E-state index in [9.17, 15) is 18.0 Å². The summed E-state index contributed by atoms with van der Waals surface area (Å²) in [5, 5.41) is 0. The monoisotopic (exact) mass is 390 g/mol. The fourth-order valence-corrected chi connectivity index (χ4v) is 5.60. The van der Waals surface area contributed by atoms with E-state index < -0.39 is 15.9 Å². The number of rotatable bonds is 4. The first kappa shape index (κ1) is 18.2. The van der Waals surface area contributed by atoms with Gasteiger partial charge in [0.05, 0.1) is 18.7 Å². The summed E-state index contributed by atoms with van der Waals surface area (Å²) >= 11 is 0. The Morgan fingerprint density at radius 2 is 2.07 bits per heavy atom. The van der Waals surface area contributed by atoms with Gasteiger partial charge in [-0.3, -0.25) is 9.59 Å². The Labute approximate surface area is 158 Å². The number of amides is 2. The minimum atomic E-state index is -3.96. The van der Waals surface area contributed by atoms with Crippen molar-refractivity contribution in [3.63, 3.8) is 0 Å². The largest absolute Gasteiger partial charge is 0.383 e. The molecule has 0 bridgehead atoms. The minimum Gasteiger partial charge on any atom is -0.383 e. The van der Waals surface area contributed by atoms with Crippen LogP contribution in [0.4, 0.5) is 0 Å². The lowest BCUT2D eigenvalue weighted by Crippen LogP contribution is -2.46. The molecule has 0 radical (unpaired) electrons. The molecule has 0 N–H and O–H groups in total. The smallest absolute Gasteiger partial charge is 0.269 e. The summed E-state index contributed by atoms with van der Waals surface area (Å²) in [4.78, 5) is 27.3. The van der Waals surface area contributed by atoms with Gasteiger partial charge in [0.15, 0.2) is 0 Å². The Kier molecular flexibility index (Phi) is 4.16. The zero-order valence-electron chi connectivity index (χ0n) is 15.2. The summed E-state index contributed by atoms with van der Waals surface area (Å²) in [6.45, 7) is 4.72. The molecule has 2 amide bonds. The van der Waals surface area contributed by atoms with Crippen LogP contribution in [-0.2, 0) is 14.8 Å². The number of nitrogens with zero attached hydrogens (tertiary/aromatic N) is 2. The number of likely N-dealkylation sites (tertiary alicyclic amines) is 1. The van der Waals surface area contributed by atoms with Gasteiger partial charge in [0.25, 0.3) is 21.8 Å². The van der Waals surface area contributed by atoms with Gasteiger partial charge in [0, 0.05) is 24.8 Å². The molecule has 1 aliphatic carbocycles. The van der Waals surface area contributed by atoms with E-state index in [4.69, 9.17) is 4.74 Å². The van der Waals surface area contributed by atoms with E-state index in [2.05, 4.69) is 6.58 Å². The second-order valence-electron chi connectivity index (χ2n) is 7.44. The molecule has 27 heavy (non-hydrogen) atoms. The van der Waals surface area contributed by atoms with Crippen LogP contribution in [0.3, 0.4) is 0 Å². The third kappa shape index (κ3) is 2.78. The van der Waals surface area contributed by atoms with Crippen LogP contribution in [0.5, 0.6) is 0 Å². The molecule has 7 nitrogen and oxygen atoms in total. The molecule has 1 saturated carbocycles. The maximum Gasteiger partial charge on any atom is 0.269 e. The van der Waals surface area contributed by atoms with Crippen molar-refractivity contribution < 1.29 is 22.7 Å². The second kappa shape index (κ2) is 6.17. The van der Waals surface area contributed by atoms with Crippen molar-refractivity contribution in [2.45, 2.75) is 36.1 Å². The van der Waals surface area contributed by atoms with Crippen molar-refractivity contribution in [2.75, 3.05) is 26.8 Å². The van der Waals surface area contributed by atoms with Gasteiger partial charge in [-0.2, -0.15) is 0 Å². The van der Waals surface area contributed by atoms with Crippen LogP contribution in [0.15, 0.2) is 35.2 Å². The summed E-state index contributed by atoms with van der Waals surface area (Å²) in [6.07, 6.45) is 3.47. The Hall–Kier alpha value is -2.19. The fourth-order valence-electron chi connectivity index (χ4n) is 4.02. The molecule has 0 aromatic heterocycles. The number of benzene rings is 1. The number of carbonyl (C=O) groups excluding carboxylic acids is 2. The number of carbonyl (C=O) groups is 2. The maximum atomic E-state index is 13.1. The lowest BCUT2D eigenvalue weighted by molar-refractivity contribution is 0.0616. The summed E-state index contributed by atoms with van der Waals surface area (Å²) in [5.74, 6) is -0.755.